The minimum atomic E-state index is -3.67. The molecule has 2 heterocycles. The van der Waals surface area contributed by atoms with E-state index in [1.807, 2.05) is 0 Å². The summed E-state index contributed by atoms with van der Waals surface area (Å²) in [5.74, 6) is 0.139. The first-order valence-corrected chi connectivity index (χ1v) is 8.83. The predicted molar refractivity (Wildman–Crippen MR) is 79.3 cm³/mol. The summed E-state index contributed by atoms with van der Waals surface area (Å²) < 4.78 is 40.2. The molecule has 4 nitrogen and oxygen atoms in total. The molecule has 2 aliphatic heterocycles. The maximum Gasteiger partial charge on any atom is 0.243 e. The summed E-state index contributed by atoms with van der Waals surface area (Å²) in [5, 5.41) is 0.102. The van der Waals surface area contributed by atoms with E-state index in [1.54, 1.807) is 0 Å². The van der Waals surface area contributed by atoms with E-state index in [2.05, 4.69) is 11.9 Å². The third kappa shape index (κ3) is 2.95. The molecule has 0 radical (unpaired) electrons. The fourth-order valence-corrected chi connectivity index (χ4v) is 5.23. The molecule has 0 bridgehead atoms. The zero-order valence-electron chi connectivity index (χ0n) is 11.8. The average molecular weight is 333 g/mol. The van der Waals surface area contributed by atoms with Crippen LogP contribution in [0.5, 0.6) is 0 Å². The largest absolute Gasteiger partial charge is 0.306 e. The van der Waals surface area contributed by atoms with E-state index in [0.29, 0.717) is 24.9 Å². The van der Waals surface area contributed by atoms with Crippen molar-refractivity contribution in [3.05, 3.63) is 29.0 Å². The lowest BCUT2D eigenvalue weighted by molar-refractivity contribution is 0.178. The molecule has 0 amide bonds. The highest BCUT2D eigenvalue weighted by Crippen LogP contribution is 2.34. The van der Waals surface area contributed by atoms with Crippen LogP contribution in [0.1, 0.15) is 6.42 Å². The Hall–Kier alpha value is -0.690. The highest BCUT2D eigenvalue weighted by Gasteiger charge is 2.41. The number of fused-ring (bicyclic) bond motifs is 1. The number of hydrogen-bond acceptors (Lipinski definition) is 3. The topological polar surface area (TPSA) is 40.6 Å². The van der Waals surface area contributed by atoms with Crippen molar-refractivity contribution in [3.63, 3.8) is 0 Å². The van der Waals surface area contributed by atoms with Crippen molar-refractivity contribution in [3.8, 4) is 0 Å². The molecule has 0 unspecified atom stereocenters. The zero-order chi connectivity index (χ0) is 15.2. The highest BCUT2D eigenvalue weighted by molar-refractivity contribution is 7.89. The number of sulfonamides is 1. The third-order valence-corrected chi connectivity index (χ3v) is 6.47. The van der Waals surface area contributed by atoms with Gasteiger partial charge in [-0.2, -0.15) is 4.31 Å². The Morgan fingerprint density at radius 2 is 1.90 bits per heavy atom. The first-order chi connectivity index (χ1) is 9.86. The number of hydrogen-bond donors (Lipinski definition) is 0. The molecule has 1 aromatic rings. The van der Waals surface area contributed by atoms with Crippen LogP contribution in [0.4, 0.5) is 4.39 Å². The van der Waals surface area contributed by atoms with Crippen molar-refractivity contribution in [2.45, 2.75) is 11.3 Å². The molecule has 0 saturated carbocycles. The molecule has 0 N–H and O–H groups in total. The van der Waals surface area contributed by atoms with Gasteiger partial charge >= 0.3 is 0 Å². The maximum atomic E-state index is 13.4. The zero-order valence-corrected chi connectivity index (χ0v) is 13.4. The Labute approximate surface area is 129 Å². The van der Waals surface area contributed by atoms with E-state index < -0.39 is 15.8 Å². The quantitative estimate of drug-likeness (QED) is 0.832. The van der Waals surface area contributed by atoms with Gasteiger partial charge in [-0.1, -0.05) is 11.6 Å². The van der Waals surface area contributed by atoms with Crippen molar-refractivity contribution in [1.29, 1.82) is 0 Å². The van der Waals surface area contributed by atoms with Crippen LogP contribution in [0, 0.1) is 17.7 Å². The first kappa shape index (κ1) is 15.2. The molecule has 3 rings (SSSR count). The molecule has 2 aliphatic rings. The fourth-order valence-electron chi connectivity index (χ4n) is 3.33. The van der Waals surface area contributed by atoms with Crippen molar-refractivity contribution >= 4 is 21.6 Å². The highest BCUT2D eigenvalue weighted by atomic mass is 35.5. The Bertz CT molecular complexity index is 632. The van der Waals surface area contributed by atoms with Gasteiger partial charge in [-0.25, -0.2) is 12.8 Å². The lowest BCUT2D eigenvalue weighted by atomic mass is 9.89. The van der Waals surface area contributed by atoms with E-state index in [4.69, 9.17) is 11.6 Å². The van der Waals surface area contributed by atoms with Crippen molar-refractivity contribution < 1.29 is 12.8 Å². The van der Waals surface area contributed by atoms with Gasteiger partial charge in [0.2, 0.25) is 10.0 Å². The molecule has 0 aliphatic carbocycles. The summed E-state index contributed by atoms with van der Waals surface area (Å²) in [6.45, 7) is 2.95. The van der Waals surface area contributed by atoms with Gasteiger partial charge in [0.1, 0.15) is 5.82 Å². The van der Waals surface area contributed by atoms with Gasteiger partial charge in [-0.15, -0.1) is 0 Å². The Morgan fingerprint density at radius 3 is 2.62 bits per heavy atom. The van der Waals surface area contributed by atoms with Crippen LogP contribution in [-0.4, -0.2) is 50.8 Å². The fraction of sp³-hybridized carbons (Fsp3) is 0.571. The van der Waals surface area contributed by atoms with E-state index in [9.17, 15) is 12.8 Å². The standard InChI is InChI=1S/C14H18ClFN2O2S/c1-17-3-2-10-8-18(9-11(10)7-17)21(19,20)14-5-12(15)4-13(16)6-14/h4-6,10-11H,2-3,7-9H2,1H3/t10-,11+/m1/s1. The molecule has 116 valence electrons. The summed E-state index contributed by atoms with van der Waals surface area (Å²) in [6.07, 6.45) is 1.01. The summed E-state index contributed by atoms with van der Waals surface area (Å²) in [4.78, 5) is 2.18. The number of benzene rings is 1. The first-order valence-electron chi connectivity index (χ1n) is 7.01. The van der Waals surface area contributed by atoms with E-state index in [1.165, 1.54) is 10.4 Å². The second kappa shape index (κ2) is 5.50. The minimum Gasteiger partial charge on any atom is -0.306 e. The number of likely N-dealkylation sites (tertiary alicyclic amines) is 1. The SMILES string of the molecule is CN1CC[C@@H]2CN(S(=O)(=O)c3cc(F)cc(Cl)c3)C[C@@H]2C1. The van der Waals surface area contributed by atoms with Crippen LogP contribution in [0.15, 0.2) is 23.1 Å². The Balaban J connectivity index is 1.86. The summed E-state index contributed by atoms with van der Waals surface area (Å²) in [5.41, 5.74) is 0. The monoisotopic (exact) mass is 332 g/mol. The van der Waals surface area contributed by atoms with Crippen LogP contribution < -0.4 is 0 Å². The molecular weight excluding hydrogens is 315 g/mol. The molecule has 1 aromatic carbocycles. The van der Waals surface area contributed by atoms with Crippen molar-refractivity contribution in [2.24, 2.45) is 11.8 Å². The number of halogens is 2. The van der Waals surface area contributed by atoms with Crippen LogP contribution in [-0.2, 0) is 10.0 Å². The van der Waals surface area contributed by atoms with Gasteiger partial charge in [-0.05, 0) is 50.0 Å². The predicted octanol–water partition coefficient (Wildman–Crippen LogP) is 2.05. The third-order valence-electron chi connectivity index (χ3n) is 4.44. The molecule has 7 heteroatoms. The number of rotatable bonds is 2. The van der Waals surface area contributed by atoms with E-state index >= 15 is 0 Å². The van der Waals surface area contributed by atoms with Crippen LogP contribution in [0.3, 0.4) is 0 Å². The molecule has 0 aromatic heterocycles. The van der Waals surface area contributed by atoms with Crippen LogP contribution >= 0.6 is 11.6 Å². The minimum absolute atomic E-state index is 0.0560. The normalized spacial score (nSPS) is 27.8. The van der Waals surface area contributed by atoms with Gasteiger partial charge in [0.05, 0.1) is 4.90 Å². The van der Waals surface area contributed by atoms with Crippen molar-refractivity contribution in [2.75, 3.05) is 33.2 Å². The summed E-state index contributed by atoms with van der Waals surface area (Å²) in [6, 6.07) is 3.46. The van der Waals surface area contributed by atoms with Gasteiger partial charge < -0.3 is 4.90 Å². The van der Waals surface area contributed by atoms with Crippen LogP contribution in [0.25, 0.3) is 0 Å². The average Bonchev–Trinajstić information content (AvgIpc) is 2.81. The smallest absolute Gasteiger partial charge is 0.243 e. The van der Waals surface area contributed by atoms with Crippen molar-refractivity contribution in [1.82, 2.24) is 9.21 Å². The van der Waals surface area contributed by atoms with Crippen LogP contribution in [0.2, 0.25) is 5.02 Å². The van der Waals surface area contributed by atoms with Gasteiger partial charge in [0.25, 0.3) is 0 Å². The van der Waals surface area contributed by atoms with E-state index in [0.717, 1.165) is 31.6 Å². The lowest BCUT2D eigenvalue weighted by Crippen LogP contribution is -2.37. The second-order valence-electron chi connectivity index (χ2n) is 6.00. The molecule has 2 fully saturated rings. The van der Waals surface area contributed by atoms with Gasteiger partial charge in [-0.3, -0.25) is 0 Å². The summed E-state index contributed by atoms with van der Waals surface area (Å²) >= 11 is 5.77. The molecule has 2 atom stereocenters. The Kier molecular flexibility index (Phi) is 3.98. The lowest BCUT2D eigenvalue weighted by Gasteiger charge is -2.31. The van der Waals surface area contributed by atoms with Gasteiger partial charge in [0.15, 0.2) is 0 Å². The Morgan fingerprint density at radius 1 is 1.19 bits per heavy atom. The van der Waals surface area contributed by atoms with Gasteiger partial charge in [0, 0.05) is 24.7 Å². The molecule has 2 saturated heterocycles. The summed E-state index contributed by atoms with van der Waals surface area (Å²) in [7, 11) is -1.61. The number of piperidine rings is 1. The number of nitrogens with zero attached hydrogens (tertiary/aromatic N) is 2. The second-order valence-corrected chi connectivity index (χ2v) is 8.37. The van der Waals surface area contributed by atoms with E-state index in [-0.39, 0.29) is 9.92 Å². The maximum absolute atomic E-state index is 13.4. The molecule has 21 heavy (non-hydrogen) atoms. The molecular formula is C14H18ClFN2O2S. The molecule has 0 spiro atoms.